The number of esters is 1. The fraction of sp³-hybridized carbons (Fsp3) is 0.421. The second-order valence-electron chi connectivity index (χ2n) is 6.85. The summed E-state index contributed by atoms with van der Waals surface area (Å²) in [5.74, 6) is -0.566. The van der Waals surface area contributed by atoms with Crippen molar-refractivity contribution < 1.29 is 14.3 Å². The van der Waals surface area contributed by atoms with Crippen molar-refractivity contribution in [3.63, 3.8) is 0 Å². The highest BCUT2D eigenvalue weighted by molar-refractivity contribution is 7.80. The number of thiophene rings is 2. The summed E-state index contributed by atoms with van der Waals surface area (Å²) in [7, 11) is 1.38. The summed E-state index contributed by atoms with van der Waals surface area (Å²) in [4.78, 5) is 27.8. The lowest BCUT2D eigenvalue weighted by atomic mass is 9.99. The number of fused-ring (bicyclic) bond motifs is 2. The Morgan fingerprint density at radius 3 is 2.61 bits per heavy atom. The standard InChI is InChI=1S/C19H21N3O3S3/c1-25-18(24)15-11-6-4-8-13(11)28-17(15)20-19(26)22-21-16(23)14-9-10-5-2-3-7-12(10)27-14/h9H,2-8H2,1H3,(H,21,23)(H2,20,22,26). The maximum absolute atomic E-state index is 12.4. The molecule has 0 saturated carbocycles. The van der Waals surface area contributed by atoms with Crippen LogP contribution in [0.2, 0.25) is 0 Å². The Morgan fingerprint density at radius 1 is 1.04 bits per heavy atom. The van der Waals surface area contributed by atoms with Crippen LogP contribution < -0.4 is 16.2 Å². The van der Waals surface area contributed by atoms with Crippen molar-refractivity contribution in [2.24, 2.45) is 0 Å². The Hall–Kier alpha value is -1.97. The van der Waals surface area contributed by atoms with Gasteiger partial charge in [-0.1, -0.05) is 0 Å². The molecular weight excluding hydrogens is 414 g/mol. The topological polar surface area (TPSA) is 79.5 Å². The number of amides is 1. The van der Waals surface area contributed by atoms with Crippen LogP contribution in [0, 0.1) is 0 Å². The third-order valence-corrected chi connectivity index (χ3v) is 7.70. The van der Waals surface area contributed by atoms with Gasteiger partial charge in [-0.15, -0.1) is 22.7 Å². The summed E-state index contributed by atoms with van der Waals surface area (Å²) in [6.45, 7) is 0. The number of nitrogens with one attached hydrogen (secondary N) is 3. The van der Waals surface area contributed by atoms with Crippen molar-refractivity contribution >= 4 is 56.9 Å². The molecule has 0 fully saturated rings. The lowest BCUT2D eigenvalue weighted by molar-refractivity contribution is 0.0601. The Kier molecular flexibility index (Phi) is 5.65. The molecule has 0 bridgehead atoms. The first-order valence-corrected chi connectivity index (χ1v) is 11.3. The van der Waals surface area contributed by atoms with Gasteiger partial charge in [-0.3, -0.25) is 15.6 Å². The Labute approximate surface area is 176 Å². The number of ether oxygens (including phenoxy) is 1. The third kappa shape index (κ3) is 3.78. The van der Waals surface area contributed by atoms with Crippen LogP contribution in [0.5, 0.6) is 0 Å². The van der Waals surface area contributed by atoms with E-state index < -0.39 is 0 Å². The number of hydrogen-bond donors (Lipinski definition) is 3. The predicted octanol–water partition coefficient (Wildman–Crippen LogP) is 3.60. The van der Waals surface area contributed by atoms with E-state index in [1.165, 1.54) is 46.6 Å². The minimum absolute atomic E-state index is 0.203. The number of carbonyl (C=O) groups is 2. The van der Waals surface area contributed by atoms with E-state index in [2.05, 4.69) is 16.2 Å². The Morgan fingerprint density at radius 2 is 1.82 bits per heavy atom. The number of hydrogen-bond acceptors (Lipinski definition) is 6. The molecule has 0 aromatic carbocycles. The van der Waals surface area contributed by atoms with Gasteiger partial charge in [0.15, 0.2) is 5.11 Å². The van der Waals surface area contributed by atoms with Gasteiger partial charge in [0.1, 0.15) is 5.00 Å². The van der Waals surface area contributed by atoms with Gasteiger partial charge in [-0.2, -0.15) is 0 Å². The summed E-state index contributed by atoms with van der Waals surface area (Å²) in [5.41, 5.74) is 8.28. The van der Waals surface area contributed by atoms with Crippen molar-refractivity contribution in [3.05, 3.63) is 37.4 Å². The number of rotatable bonds is 3. The summed E-state index contributed by atoms with van der Waals surface area (Å²) < 4.78 is 4.93. The van der Waals surface area contributed by atoms with Gasteiger partial charge in [0.05, 0.1) is 17.6 Å². The highest BCUT2D eigenvalue weighted by Gasteiger charge is 2.27. The molecule has 0 atom stereocenters. The predicted molar refractivity (Wildman–Crippen MR) is 115 cm³/mol. The maximum Gasteiger partial charge on any atom is 0.341 e. The third-order valence-electron chi connectivity index (χ3n) is 5.05. The van der Waals surface area contributed by atoms with Crippen molar-refractivity contribution in [1.82, 2.24) is 10.9 Å². The Balaban J connectivity index is 1.39. The average molecular weight is 436 g/mol. The molecule has 2 aliphatic carbocycles. The molecule has 2 aliphatic rings. The van der Waals surface area contributed by atoms with E-state index in [1.54, 1.807) is 11.3 Å². The molecule has 2 heterocycles. The van der Waals surface area contributed by atoms with E-state index in [4.69, 9.17) is 17.0 Å². The number of hydrazine groups is 1. The second-order valence-corrected chi connectivity index (χ2v) is 9.50. The second kappa shape index (κ2) is 8.18. The summed E-state index contributed by atoms with van der Waals surface area (Å²) in [6.07, 6.45) is 7.36. The lowest BCUT2D eigenvalue weighted by Gasteiger charge is -2.11. The van der Waals surface area contributed by atoms with Crippen molar-refractivity contribution in [2.45, 2.75) is 44.9 Å². The molecule has 0 spiro atoms. The zero-order chi connectivity index (χ0) is 19.7. The van der Waals surface area contributed by atoms with Crippen LogP contribution in [0.15, 0.2) is 6.07 Å². The first-order valence-electron chi connectivity index (χ1n) is 9.28. The van der Waals surface area contributed by atoms with Crippen LogP contribution >= 0.6 is 34.9 Å². The summed E-state index contributed by atoms with van der Waals surface area (Å²) in [5, 5.41) is 3.94. The maximum atomic E-state index is 12.4. The SMILES string of the molecule is COC(=O)c1c(NC(=S)NNC(=O)c2cc3c(s2)CCCC3)sc2c1CCC2. The molecule has 2 aromatic heterocycles. The van der Waals surface area contributed by atoms with E-state index in [9.17, 15) is 9.59 Å². The molecule has 0 radical (unpaired) electrons. The monoisotopic (exact) mass is 435 g/mol. The zero-order valence-electron chi connectivity index (χ0n) is 15.5. The van der Waals surface area contributed by atoms with Crippen LogP contribution in [0.1, 0.15) is 60.2 Å². The number of anilines is 1. The number of carbonyl (C=O) groups excluding carboxylic acids is 2. The van der Waals surface area contributed by atoms with Gasteiger partial charge in [-0.05, 0) is 74.4 Å². The van der Waals surface area contributed by atoms with Gasteiger partial charge in [0.25, 0.3) is 5.91 Å². The fourth-order valence-electron chi connectivity index (χ4n) is 3.72. The van der Waals surface area contributed by atoms with E-state index >= 15 is 0 Å². The van der Waals surface area contributed by atoms with Gasteiger partial charge < -0.3 is 10.1 Å². The molecule has 2 aromatic rings. The Bertz CT molecular complexity index is 924. The van der Waals surface area contributed by atoms with Crippen LogP contribution in [-0.2, 0) is 30.4 Å². The smallest absolute Gasteiger partial charge is 0.341 e. The van der Waals surface area contributed by atoms with Gasteiger partial charge in [-0.25, -0.2) is 4.79 Å². The largest absolute Gasteiger partial charge is 0.465 e. The van der Waals surface area contributed by atoms with E-state index in [0.29, 0.717) is 15.4 Å². The molecule has 0 saturated heterocycles. The zero-order valence-corrected chi connectivity index (χ0v) is 17.9. The molecule has 0 aliphatic heterocycles. The minimum atomic E-state index is -0.363. The molecule has 6 nitrogen and oxygen atoms in total. The molecule has 28 heavy (non-hydrogen) atoms. The molecule has 4 rings (SSSR count). The van der Waals surface area contributed by atoms with E-state index in [0.717, 1.165) is 37.7 Å². The molecular formula is C19H21N3O3S3. The summed E-state index contributed by atoms with van der Waals surface area (Å²) >= 11 is 8.37. The van der Waals surface area contributed by atoms with Crippen molar-refractivity contribution in [3.8, 4) is 0 Å². The highest BCUT2D eigenvalue weighted by atomic mass is 32.1. The van der Waals surface area contributed by atoms with E-state index in [1.807, 2.05) is 6.07 Å². The first-order chi connectivity index (χ1) is 13.6. The van der Waals surface area contributed by atoms with Gasteiger partial charge >= 0.3 is 5.97 Å². The van der Waals surface area contributed by atoms with Crippen LogP contribution in [0.25, 0.3) is 0 Å². The number of methoxy groups -OCH3 is 1. The van der Waals surface area contributed by atoms with Crippen molar-refractivity contribution in [1.29, 1.82) is 0 Å². The molecule has 1 amide bonds. The quantitative estimate of drug-likeness (QED) is 0.388. The van der Waals surface area contributed by atoms with E-state index in [-0.39, 0.29) is 17.0 Å². The van der Waals surface area contributed by atoms with Crippen molar-refractivity contribution in [2.75, 3.05) is 12.4 Å². The summed E-state index contributed by atoms with van der Waals surface area (Å²) in [6, 6.07) is 1.98. The average Bonchev–Trinajstić information content (AvgIpc) is 3.39. The van der Waals surface area contributed by atoms with Crippen LogP contribution in [-0.4, -0.2) is 24.1 Å². The first kappa shape index (κ1) is 19.4. The van der Waals surface area contributed by atoms with Crippen LogP contribution in [0.4, 0.5) is 5.00 Å². The normalized spacial score (nSPS) is 14.8. The number of thiocarbonyl (C=S) groups is 1. The van der Waals surface area contributed by atoms with Gasteiger partial charge in [0.2, 0.25) is 0 Å². The molecule has 3 N–H and O–H groups in total. The molecule has 148 valence electrons. The fourth-order valence-corrected chi connectivity index (χ4v) is 6.37. The molecule has 9 heteroatoms. The van der Waals surface area contributed by atoms with Crippen LogP contribution in [0.3, 0.4) is 0 Å². The minimum Gasteiger partial charge on any atom is -0.465 e. The molecule has 0 unspecified atom stereocenters. The van der Waals surface area contributed by atoms with Gasteiger partial charge in [0, 0.05) is 9.75 Å². The number of aryl methyl sites for hydroxylation is 3. The highest BCUT2D eigenvalue weighted by Crippen LogP contribution is 2.39. The lowest BCUT2D eigenvalue weighted by Crippen LogP contribution is -2.43.